The van der Waals surface area contributed by atoms with Crippen molar-refractivity contribution >= 4 is 23.3 Å². The standard InChI is InChI=1S/C40H48O12/c41-31-33-7-1-3-11-37(33)49-27-23-45-19-15-43-17-21-47-25-29-51-39-13-5-10-36-35(39)9-6-14-40(36)52-30-26-48-22-18-44-16-20-46-24-28-50-38-12-4-2-8-34(38)32-42/h1-14,31-32H,15-30H2. The first-order valence-electron chi connectivity index (χ1n) is 17.4. The fourth-order valence-electron chi connectivity index (χ4n) is 4.85. The molecule has 4 rings (SSSR count). The quantitative estimate of drug-likeness (QED) is 0.0500. The van der Waals surface area contributed by atoms with Crippen LogP contribution in [0.4, 0.5) is 0 Å². The fourth-order valence-corrected chi connectivity index (χ4v) is 4.85. The third-order valence-corrected chi connectivity index (χ3v) is 7.36. The molecule has 0 fully saturated rings. The smallest absolute Gasteiger partial charge is 0.153 e. The monoisotopic (exact) mass is 720 g/mol. The van der Waals surface area contributed by atoms with E-state index in [0.29, 0.717) is 128 Å². The normalized spacial score (nSPS) is 11.0. The highest BCUT2D eigenvalue weighted by Crippen LogP contribution is 2.32. The van der Waals surface area contributed by atoms with Crippen LogP contribution in [0.1, 0.15) is 20.7 Å². The topological polar surface area (TPSA) is 126 Å². The van der Waals surface area contributed by atoms with E-state index in [1.165, 1.54) is 0 Å². The molecule has 0 unspecified atom stereocenters. The van der Waals surface area contributed by atoms with Gasteiger partial charge in [-0.05, 0) is 36.4 Å². The van der Waals surface area contributed by atoms with E-state index >= 15 is 0 Å². The molecule has 0 heterocycles. The van der Waals surface area contributed by atoms with E-state index in [0.717, 1.165) is 34.8 Å². The van der Waals surface area contributed by atoms with E-state index in [-0.39, 0.29) is 0 Å². The molecule has 0 radical (unpaired) electrons. The molecular formula is C40H48O12. The molecule has 0 saturated carbocycles. The summed E-state index contributed by atoms with van der Waals surface area (Å²) in [6, 6.07) is 25.9. The molecule has 12 heteroatoms. The summed E-state index contributed by atoms with van der Waals surface area (Å²) in [7, 11) is 0. The summed E-state index contributed by atoms with van der Waals surface area (Å²) in [5.74, 6) is 2.61. The van der Waals surface area contributed by atoms with Crippen LogP contribution in [-0.2, 0) is 28.4 Å². The van der Waals surface area contributed by atoms with E-state index in [2.05, 4.69) is 0 Å². The lowest BCUT2D eigenvalue weighted by molar-refractivity contribution is 0.00498. The number of hydrogen-bond donors (Lipinski definition) is 0. The molecule has 0 aliphatic heterocycles. The average Bonchev–Trinajstić information content (AvgIpc) is 3.18. The maximum absolute atomic E-state index is 11.0. The van der Waals surface area contributed by atoms with Gasteiger partial charge < -0.3 is 47.4 Å². The molecule has 0 bridgehead atoms. The van der Waals surface area contributed by atoms with Gasteiger partial charge in [0.2, 0.25) is 0 Å². The lowest BCUT2D eigenvalue weighted by Crippen LogP contribution is -2.14. The highest BCUT2D eigenvalue weighted by molar-refractivity contribution is 5.93. The molecule has 52 heavy (non-hydrogen) atoms. The van der Waals surface area contributed by atoms with Crippen molar-refractivity contribution in [3.63, 3.8) is 0 Å². The van der Waals surface area contributed by atoms with Crippen molar-refractivity contribution in [1.82, 2.24) is 0 Å². The Hall–Kier alpha value is -4.56. The Kier molecular flexibility index (Phi) is 19.6. The van der Waals surface area contributed by atoms with Crippen LogP contribution in [0.25, 0.3) is 10.8 Å². The third kappa shape index (κ3) is 15.0. The summed E-state index contributed by atoms with van der Waals surface area (Å²) in [4.78, 5) is 22.0. The van der Waals surface area contributed by atoms with Crippen LogP contribution in [0.5, 0.6) is 23.0 Å². The molecule has 4 aromatic carbocycles. The Labute approximate surface area is 304 Å². The van der Waals surface area contributed by atoms with Crippen molar-refractivity contribution in [1.29, 1.82) is 0 Å². The first kappa shape index (κ1) is 40.2. The Morgan fingerprint density at radius 2 is 0.577 bits per heavy atom. The van der Waals surface area contributed by atoms with Gasteiger partial charge in [0.1, 0.15) is 49.4 Å². The Balaban J connectivity index is 0.966. The van der Waals surface area contributed by atoms with Crippen LogP contribution in [-0.4, -0.2) is 118 Å². The Morgan fingerprint density at radius 1 is 0.308 bits per heavy atom. The summed E-state index contributed by atoms with van der Waals surface area (Å²) in [6.45, 7) is 6.71. The minimum Gasteiger partial charge on any atom is -0.491 e. The van der Waals surface area contributed by atoms with Gasteiger partial charge in [0.25, 0.3) is 0 Å². The molecule has 0 atom stereocenters. The summed E-state index contributed by atoms with van der Waals surface area (Å²) >= 11 is 0. The maximum Gasteiger partial charge on any atom is 0.153 e. The van der Waals surface area contributed by atoms with Crippen LogP contribution >= 0.6 is 0 Å². The Morgan fingerprint density at radius 3 is 0.904 bits per heavy atom. The van der Waals surface area contributed by atoms with Gasteiger partial charge in [-0.3, -0.25) is 9.59 Å². The number of rotatable bonds is 30. The fraction of sp³-hybridized carbons (Fsp3) is 0.400. The molecule has 0 saturated heterocycles. The number of benzene rings is 4. The van der Waals surface area contributed by atoms with Crippen LogP contribution in [0, 0.1) is 0 Å². The molecule has 12 nitrogen and oxygen atoms in total. The second kappa shape index (κ2) is 25.4. The Bertz CT molecular complexity index is 1460. The zero-order valence-corrected chi connectivity index (χ0v) is 29.5. The molecule has 0 aromatic heterocycles. The predicted molar refractivity (Wildman–Crippen MR) is 195 cm³/mol. The molecule has 4 aromatic rings. The van der Waals surface area contributed by atoms with E-state index < -0.39 is 0 Å². The van der Waals surface area contributed by atoms with Crippen molar-refractivity contribution < 1.29 is 57.0 Å². The highest BCUT2D eigenvalue weighted by atomic mass is 16.6. The van der Waals surface area contributed by atoms with Crippen molar-refractivity contribution in [2.24, 2.45) is 0 Å². The molecule has 0 spiro atoms. The van der Waals surface area contributed by atoms with Crippen LogP contribution in [0.15, 0.2) is 84.9 Å². The van der Waals surface area contributed by atoms with Crippen molar-refractivity contribution in [2.45, 2.75) is 0 Å². The van der Waals surface area contributed by atoms with Crippen LogP contribution < -0.4 is 18.9 Å². The predicted octanol–water partition coefficient (Wildman–Crippen LogP) is 5.48. The maximum atomic E-state index is 11.0. The highest BCUT2D eigenvalue weighted by Gasteiger charge is 2.08. The SMILES string of the molecule is O=Cc1ccccc1OCCOCCOCCOCCOc1cccc2c(OCCOCCOCCOCCOc3ccccc3C=O)cccc12. The molecule has 0 aliphatic carbocycles. The van der Waals surface area contributed by atoms with Gasteiger partial charge >= 0.3 is 0 Å². The third-order valence-electron chi connectivity index (χ3n) is 7.36. The average molecular weight is 721 g/mol. The lowest BCUT2D eigenvalue weighted by Gasteiger charge is -2.13. The van der Waals surface area contributed by atoms with Crippen LogP contribution in [0.3, 0.4) is 0 Å². The lowest BCUT2D eigenvalue weighted by atomic mass is 10.1. The molecule has 280 valence electrons. The number of carbonyl (C=O) groups excluding carboxylic acids is 2. The van der Waals surface area contributed by atoms with E-state index in [4.69, 9.17) is 47.4 Å². The molecule has 0 amide bonds. The van der Waals surface area contributed by atoms with E-state index in [1.54, 1.807) is 36.4 Å². The summed E-state index contributed by atoms with van der Waals surface area (Å²) in [6.07, 6.45) is 1.54. The van der Waals surface area contributed by atoms with Gasteiger partial charge in [0.15, 0.2) is 12.6 Å². The van der Waals surface area contributed by atoms with Gasteiger partial charge in [-0.15, -0.1) is 0 Å². The van der Waals surface area contributed by atoms with Crippen molar-refractivity contribution in [3.8, 4) is 23.0 Å². The van der Waals surface area contributed by atoms with Gasteiger partial charge in [-0.25, -0.2) is 0 Å². The first-order chi connectivity index (χ1) is 25.8. The zero-order valence-electron chi connectivity index (χ0n) is 29.5. The van der Waals surface area contributed by atoms with E-state index in [9.17, 15) is 9.59 Å². The van der Waals surface area contributed by atoms with Crippen molar-refractivity contribution in [3.05, 3.63) is 96.1 Å². The number of aldehydes is 2. The minimum atomic E-state index is 0.352. The largest absolute Gasteiger partial charge is 0.491 e. The first-order valence-corrected chi connectivity index (χ1v) is 17.4. The van der Waals surface area contributed by atoms with Crippen molar-refractivity contribution in [2.75, 3.05) is 106 Å². The number of fused-ring (bicyclic) bond motifs is 1. The van der Waals surface area contributed by atoms with Gasteiger partial charge in [-0.1, -0.05) is 48.5 Å². The van der Waals surface area contributed by atoms with Gasteiger partial charge in [0.05, 0.1) is 90.4 Å². The van der Waals surface area contributed by atoms with Gasteiger partial charge in [-0.2, -0.15) is 0 Å². The zero-order chi connectivity index (χ0) is 36.3. The second-order valence-corrected chi connectivity index (χ2v) is 11.0. The second-order valence-electron chi connectivity index (χ2n) is 11.0. The number of hydrogen-bond acceptors (Lipinski definition) is 12. The van der Waals surface area contributed by atoms with Gasteiger partial charge in [0, 0.05) is 10.8 Å². The molecule has 0 N–H and O–H groups in total. The summed E-state index contributed by atoms with van der Waals surface area (Å²) in [5, 5.41) is 1.91. The molecule has 0 aliphatic rings. The number of ether oxygens (including phenoxy) is 10. The summed E-state index contributed by atoms with van der Waals surface area (Å²) < 4.78 is 56.6. The van der Waals surface area contributed by atoms with E-state index in [1.807, 2.05) is 48.5 Å². The minimum absolute atomic E-state index is 0.352. The summed E-state index contributed by atoms with van der Waals surface area (Å²) in [5.41, 5.74) is 1.04. The number of carbonyl (C=O) groups is 2. The number of para-hydroxylation sites is 2. The molecular weight excluding hydrogens is 672 g/mol. The van der Waals surface area contributed by atoms with Crippen LogP contribution in [0.2, 0.25) is 0 Å².